The van der Waals surface area contributed by atoms with Gasteiger partial charge in [-0.1, -0.05) is 80.4 Å². The van der Waals surface area contributed by atoms with E-state index in [9.17, 15) is 4.79 Å². The Balaban J connectivity index is 2.19. The number of benzene rings is 2. The molecule has 0 aliphatic rings. The van der Waals surface area contributed by atoms with Crippen molar-refractivity contribution < 1.29 is 4.79 Å². The molecule has 2 aromatic rings. The smallest absolute Gasteiger partial charge is 0.185 e. The van der Waals surface area contributed by atoms with E-state index in [0.29, 0.717) is 15.6 Å². The van der Waals surface area contributed by atoms with Crippen LogP contribution in [0, 0.1) is 0 Å². The fourth-order valence-corrected chi connectivity index (χ4v) is 2.42. The first-order valence-electron chi connectivity index (χ1n) is 7.06. The van der Waals surface area contributed by atoms with Crippen LogP contribution in [0.25, 0.3) is 6.08 Å². The molecular formula is C19H18Cl2O. The molecule has 0 aliphatic carbocycles. The van der Waals surface area contributed by atoms with Gasteiger partial charge < -0.3 is 0 Å². The Morgan fingerprint density at radius 3 is 2.23 bits per heavy atom. The minimum atomic E-state index is -0.0588. The molecule has 0 amide bonds. The highest BCUT2D eigenvalue weighted by atomic mass is 35.5. The predicted molar refractivity (Wildman–Crippen MR) is 95.0 cm³/mol. The SMILES string of the molecule is CC(C)(C)c1ccc(C(=O)C=Cc2cccc(Cl)c2Cl)cc1. The number of ketones is 1. The molecule has 0 radical (unpaired) electrons. The molecule has 0 N–H and O–H groups in total. The molecule has 2 rings (SSSR count). The van der Waals surface area contributed by atoms with E-state index in [0.717, 1.165) is 5.56 Å². The zero-order valence-corrected chi connectivity index (χ0v) is 14.4. The molecule has 22 heavy (non-hydrogen) atoms. The first-order valence-corrected chi connectivity index (χ1v) is 7.81. The van der Waals surface area contributed by atoms with Gasteiger partial charge in [0, 0.05) is 5.56 Å². The third kappa shape index (κ3) is 4.00. The van der Waals surface area contributed by atoms with Crippen LogP contribution in [0.2, 0.25) is 10.0 Å². The molecule has 3 heteroatoms. The Kier molecular flexibility index (Phi) is 5.10. The molecule has 0 aromatic heterocycles. The summed E-state index contributed by atoms with van der Waals surface area (Å²) in [7, 11) is 0. The molecule has 0 saturated heterocycles. The summed E-state index contributed by atoms with van der Waals surface area (Å²) in [6.07, 6.45) is 3.21. The van der Waals surface area contributed by atoms with E-state index in [1.807, 2.05) is 30.3 Å². The van der Waals surface area contributed by atoms with E-state index in [1.54, 1.807) is 18.2 Å². The number of halogens is 2. The number of carbonyl (C=O) groups excluding carboxylic acids is 1. The van der Waals surface area contributed by atoms with Crippen LogP contribution in [0.1, 0.15) is 42.3 Å². The Bertz CT molecular complexity index is 707. The van der Waals surface area contributed by atoms with Crippen molar-refractivity contribution >= 4 is 35.1 Å². The fourth-order valence-electron chi connectivity index (χ4n) is 2.05. The normalized spacial score (nSPS) is 11.9. The highest BCUT2D eigenvalue weighted by Crippen LogP contribution is 2.26. The van der Waals surface area contributed by atoms with E-state index in [-0.39, 0.29) is 11.2 Å². The van der Waals surface area contributed by atoms with Gasteiger partial charge in [-0.2, -0.15) is 0 Å². The van der Waals surface area contributed by atoms with E-state index in [1.165, 1.54) is 11.6 Å². The van der Waals surface area contributed by atoms with Crippen molar-refractivity contribution in [2.45, 2.75) is 26.2 Å². The van der Waals surface area contributed by atoms with E-state index in [2.05, 4.69) is 20.8 Å². The van der Waals surface area contributed by atoms with Crippen LogP contribution in [0.4, 0.5) is 0 Å². The fraction of sp³-hybridized carbons (Fsp3) is 0.211. The first-order chi connectivity index (χ1) is 10.3. The first kappa shape index (κ1) is 16.8. The largest absolute Gasteiger partial charge is 0.289 e. The Morgan fingerprint density at radius 2 is 1.64 bits per heavy atom. The van der Waals surface area contributed by atoms with E-state index < -0.39 is 0 Å². The molecule has 0 atom stereocenters. The summed E-state index contributed by atoms with van der Waals surface area (Å²) in [5, 5.41) is 0.932. The zero-order chi connectivity index (χ0) is 16.3. The summed E-state index contributed by atoms with van der Waals surface area (Å²) in [6, 6.07) is 13.0. The van der Waals surface area contributed by atoms with Crippen LogP contribution in [0.3, 0.4) is 0 Å². The van der Waals surface area contributed by atoms with E-state index in [4.69, 9.17) is 23.2 Å². The van der Waals surface area contributed by atoms with Crippen molar-refractivity contribution in [2.24, 2.45) is 0 Å². The lowest BCUT2D eigenvalue weighted by Gasteiger charge is -2.18. The monoisotopic (exact) mass is 332 g/mol. The summed E-state index contributed by atoms with van der Waals surface area (Å²) in [5.41, 5.74) is 2.66. The minimum absolute atomic E-state index is 0.0588. The second-order valence-corrected chi connectivity index (χ2v) is 6.95. The lowest BCUT2D eigenvalue weighted by atomic mass is 9.86. The average Bonchev–Trinajstić information content (AvgIpc) is 2.48. The van der Waals surface area contributed by atoms with Gasteiger partial charge in [0.2, 0.25) is 0 Å². The van der Waals surface area contributed by atoms with Crippen LogP contribution >= 0.6 is 23.2 Å². The van der Waals surface area contributed by atoms with Crippen LogP contribution < -0.4 is 0 Å². The number of rotatable bonds is 3. The molecule has 0 spiro atoms. The maximum atomic E-state index is 12.2. The Labute approximate surface area is 141 Å². The van der Waals surface area contributed by atoms with Crippen LogP contribution in [0.5, 0.6) is 0 Å². The standard InChI is InChI=1S/C19H18Cl2O/c1-19(2,3)15-10-7-13(8-11-15)17(22)12-9-14-5-4-6-16(20)18(14)21/h4-12H,1-3H3. The molecule has 0 aliphatic heterocycles. The molecule has 0 fully saturated rings. The lowest BCUT2D eigenvalue weighted by molar-refractivity contribution is 0.104. The van der Waals surface area contributed by atoms with Gasteiger partial charge in [0.25, 0.3) is 0 Å². The van der Waals surface area contributed by atoms with Gasteiger partial charge >= 0.3 is 0 Å². The molecule has 0 unspecified atom stereocenters. The van der Waals surface area contributed by atoms with Crippen molar-refractivity contribution in [3.8, 4) is 0 Å². The second-order valence-electron chi connectivity index (χ2n) is 6.17. The van der Waals surface area contributed by atoms with Gasteiger partial charge in [-0.25, -0.2) is 0 Å². The summed E-state index contributed by atoms with van der Waals surface area (Å²) in [6.45, 7) is 6.43. The Hall–Kier alpha value is -1.57. The molecule has 0 heterocycles. The minimum Gasteiger partial charge on any atom is -0.289 e. The van der Waals surface area contributed by atoms with Crippen LogP contribution in [-0.2, 0) is 5.41 Å². The summed E-state index contributed by atoms with van der Waals surface area (Å²) in [4.78, 5) is 12.2. The van der Waals surface area contributed by atoms with Gasteiger partial charge in [-0.15, -0.1) is 0 Å². The molecule has 0 saturated carbocycles. The molecular weight excluding hydrogens is 315 g/mol. The van der Waals surface area contributed by atoms with Crippen molar-refractivity contribution in [1.29, 1.82) is 0 Å². The van der Waals surface area contributed by atoms with Crippen molar-refractivity contribution in [1.82, 2.24) is 0 Å². The van der Waals surface area contributed by atoms with Crippen molar-refractivity contribution in [3.05, 3.63) is 75.3 Å². The molecule has 1 nitrogen and oxygen atoms in total. The highest BCUT2D eigenvalue weighted by molar-refractivity contribution is 6.42. The third-order valence-electron chi connectivity index (χ3n) is 3.43. The third-order valence-corrected chi connectivity index (χ3v) is 4.26. The number of carbonyl (C=O) groups is 1. The summed E-state index contributed by atoms with van der Waals surface area (Å²) >= 11 is 12.1. The average molecular weight is 333 g/mol. The Morgan fingerprint density at radius 1 is 1.00 bits per heavy atom. The molecule has 114 valence electrons. The maximum Gasteiger partial charge on any atom is 0.185 e. The highest BCUT2D eigenvalue weighted by Gasteiger charge is 2.13. The van der Waals surface area contributed by atoms with Gasteiger partial charge in [-0.3, -0.25) is 4.79 Å². The molecule has 0 bridgehead atoms. The maximum absolute atomic E-state index is 12.2. The topological polar surface area (TPSA) is 17.1 Å². The predicted octanol–water partition coefficient (Wildman–Crippen LogP) is 6.19. The van der Waals surface area contributed by atoms with Gasteiger partial charge in [0.1, 0.15) is 0 Å². The van der Waals surface area contributed by atoms with E-state index >= 15 is 0 Å². The van der Waals surface area contributed by atoms with Gasteiger partial charge in [-0.05, 0) is 34.8 Å². The van der Waals surface area contributed by atoms with Crippen molar-refractivity contribution in [3.63, 3.8) is 0 Å². The second kappa shape index (κ2) is 6.68. The van der Waals surface area contributed by atoms with Gasteiger partial charge in [0.15, 0.2) is 5.78 Å². The van der Waals surface area contributed by atoms with Gasteiger partial charge in [0.05, 0.1) is 10.0 Å². The summed E-state index contributed by atoms with van der Waals surface area (Å²) < 4.78 is 0. The van der Waals surface area contributed by atoms with Crippen molar-refractivity contribution in [2.75, 3.05) is 0 Å². The molecule has 2 aromatic carbocycles. The quantitative estimate of drug-likeness (QED) is 0.484. The lowest BCUT2D eigenvalue weighted by Crippen LogP contribution is -2.11. The number of allylic oxidation sites excluding steroid dienone is 1. The number of hydrogen-bond acceptors (Lipinski definition) is 1. The van der Waals surface area contributed by atoms with Crippen LogP contribution in [0.15, 0.2) is 48.5 Å². The van der Waals surface area contributed by atoms with Crippen LogP contribution in [-0.4, -0.2) is 5.78 Å². The summed E-state index contributed by atoms with van der Waals surface area (Å²) in [5.74, 6) is -0.0588. The number of hydrogen-bond donors (Lipinski definition) is 0. The zero-order valence-electron chi connectivity index (χ0n) is 12.9.